The van der Waals surface area contributed by atoms with Crippen molar-refractivity contribution in [2.24, 2.45) is 0 Å². The summed E-state index contributed by atoms with van der Waals surface area (Å²) in [5.41, 5.74) is 1.02. The van der Waals surface area contributed by atoms with Crippen molar-refractivity contribution in [2.45, 2.75) is 30.8 Å². The van der Waals surface area contributed by atoms with Gasteiger partial charge in [-0.2, -0.15) is 0 Å². The van der Waals surface area contributed by atoms with Crippen molar-refractivity contribution in [3.05, 3.63) is 33.8 Å². The van der Waals surface area contributed by atoms with Crippen LogP contribution in [0.4, 0.5) is 0 Å². The highest BCUT2D eigenvalue weighted by Crippen LogP contribution is 2.26. The lowest BCUT2D eigenvalue weighted by atomic mass is 10.2. The fourth-order valence-corrected chi connectivity index (χ4v) is 3.06. The summed E-state index contributed by atoms with van der Waals surface area (Å²) in [6, 6.07) is 5.45. The standard InChI is InChI=1S/C14H16ClN3O2S2/c1-8-4-5-10(15)11(6-8)20-9(2)13(19)16-7-12-17-18-14(21-3)22-12/h4-6,9H,7H2,1-3H3,(H,16,19). The van der Waals surface area contributed by atoms with E-state index < -0.39 is 6.10 Å². The van der Waals surface area contributed by atoms with Crippen LogP contribution in [0.3, 0.4) is 0 Å². The van der Waals surface area contributed by atoms with Crippen molar-refractivity contribution in [3.63, 3.8) is 0 Å². The number of benzene rings is 1. The lowest BCUT2D eigenvalue weighted by molar-refractivity contribution is -0.127. The predicted octanol–water partition coefficient (Wildman–Crippen LogP) is 3.31. The number of carbonyl (C=O) groups excluding carboxylic acids is 1. The molecule has 5 nitrogen and oxygen atoms in total. The van der Waals surface area contributed by atoms with Gasteiger partial charge in [0.2, 0.25) is 0 Å². The van der Waals surface area contributed by atoms with Crippen molar-refractivity contribution in [2.75, 3.05) is 6.26 Å². The molecule has 0 aliphatic carbocycles. The van der Waals surface area contributed by atoms with Gasteiger partial charge in [0.25, 0.3) is 5.91 Å². The fourth-order valence-electron chi connectivity index (χ4n) is 1.64. The van der Waals surface area contributed by atoms with E-state index in [4.69, 9.17) is 16.3 Å². The highest BCUT2D eigenvalue weighted by Gasteiger charge is 2.16. The summed E-state index contributed by atoms with van der Waals surface area (Å²) in [6.07, 6.45) is 1.29. The van der Waals surface area contributed by atoms with Crippen molar-refractivity contribution in [1.82, 2.24) is 15.5 Å². The monoisotopic (exact) mass is 357 g/mol. The van der Waals surface area contributed by atoms with Gasteiger partial charge in [0.1, 0.15) is 10.8 Å². The second-order valence-corrected chi connectivity index (χ2v) is 7.10. The van der Waals surface area contributed by atoms with Crippen LogP contribution in [0.25, 0.3) is 0 Å². The minimum Gasteiger partial charge on any atom is -0.479 e. The van der Waals surface area contributed by atoms with Gasteiger partial charge in [0, 0.05) is 0 Å². The fraction of sp³-hybridized carbons (Fsp3) is 0.357. The van der Waals surface area contributed by atoms with Gasteiger partial charge in [-0.25, -0.2) is 0 Å². The molecule has 8 heteroatoms. The summed E-state index contributed by atoms with van der Waals surface area (Å²) >= 11 is 9.05. The Bertz CT molecular complexity index is 663. The van der Waals surface area contributed by atoms with Gasteiger partial charge >= 0.3 is 0 Å². The van der Waals surface area contributed by atoms with E-state index in [0.29, 0.717) is 17.3 Å². The third kappa shape index (κ3) is 4.59. The first-order chi connectivity index (χ1) is 10.5. The van der Waals surface area contributed by atoms with Crippen LogP contribution in [0.15, 0.2) is 22.5 Å². The molecule has 0 spiro atoms. The average Bonchev–Trinajstić information content (AvgIpc) is 2.96. The van der Waals surface area contributed by atoms with E-state index in [1.54, 1.807) is 13.0 Å². The normalized spacial score (nSPS) is 12.0. The molecule has 118 valence electrons. The van der Waals surface area contributed by atoms with E-state index in [-0.39, 0.29) is 5.91 Å². The van der Waals surface area contributed by atoms with Gasteiger partial charge < -0.3 is 10.1 Å². The summed E-state index contributed by atoms with van der Waals surface area (Å²) in [5, 5.41) is 12.0. The first-order valence-corrected chi connectivity index (χ1v) is 8.98. The molecule has 0 aliphatic heterocycles. The maximum absolute atomic E-state index is 12.1. The zero-order chi connectivity index (χ0) is 16.1. The SMILES string of the molecule is CSc1nnc(CNC(=O)C(C)Oc2cc(C)ccc2Cl)s1. The summed E-state index contributed by atoms with van der Waals surface area (Å²) in [7, 11) is 0. The van der Waals surface area contributed by atoms with E-state index in [9.17, 15) is 4.79 Å². The summed E-state index contributed by atoms with van der Waals surface area (Å²) < 4.78 is 6.50. The van der Waals surface area contributed by atoms with Gasteiger partial charge in [-0.05, 0) is 37.8 Å². The summed E-state index contributed by atoms with van der Waals surface area (Å²) in [5.74, 6) is 0.281. The number of thioether (sulfide) groups is 1. The predicted molar refractivity (Wildman–Crippen MR) is 89.8 cm³/mol. The van der Waals surface area contributed by atoms with Crippen LogP contribution in [0.1, 0.15) is 17.5 Å². The lowest BCUT2D eigenvalue weighted by Gasteiger charge is -2.15. The molecule has 0 saturated carbocycles. The zero-order valence-electron chi connectivity index (χ0n) is 12.4. The molecule has 0 fully saturated rings. The zero-order valence-corrected chi connectivity index (χ0v) is 14.8. The molecule has 1 N–H and O–H groups in total. The largest absolute Gasteiger partial charge is 0.479 e. The highest BCUT2D eigenvalue weighted by molar-refractivity contribution is 8.00. The molecule has 1 amide bonds. The first kappa shape index (κ1) is 17.1. The summed E-state index contributed by atoms with van der Waals surface area (Å²) in [4.78, 5) is 12.1. The summed E-state index contributed by atoms with van der Waals surface area (Å²) in [6.45, 7) is 3.96. The Hall–Kier alpha value is -1.31. The Morgan fingerprint density at radius 2 is 2.27 bits per heavy atom. The Morgan fingerprint density at radius 3 is 2.95 bits per heavy atom. The number of aromatic nitrogens is 2. The number of carbonyl (C=O) groups is 1. The molecule has 1 aromatic heterocycles. The van der Waals surface area contributed by atoms with Gasteiger partial charge in [0.05, 0.1) is 11.6 Å². The minimum atomic E-state index is -0.646. The molecule has 0 bridgehead atoms. The molecule has 0 radical (unpaired) electrons. The molecule has 22 heavy (non-hydrogen) atoms. The first-order valence-electron chi connectivity index (χ1n) is 6.56. The number of aryl methyl sites for hydroxylation is 1. The number of hydrogen-bond donors (Lipinski definition) is 1. The Kier molecular flexibility index (Phi) is 6.05. The van der Waals surface area contributed by atoms with Gasteiger partial charge in [-0.1, -0.05) is 40.8 Å². The minimum absolute atomic E-state index is 0.224. The van der Waals surface area contributed by atoms with Crippen molar-refractivity contribution in [3.8, 4) is 5.75 Å². The molecule has 0 aliphatic rings. The molecule has 2 aromatic rings. The van der Waals surface area contributed by atoms with Crippen molar-refractivity contribution >= 4 is 40.6 Å². The second-order valence-electron chi connectivity index (χ2n) is 4.58. The van der Waals surface area contributed by atoms with E-state index in [2.05, 4.69) is 15.5 Å². The van der Waals surface area contributed by atoms with Crippen LogP contribution in [-0.2, 0) is 11.3 Å². The van der Waals surface area contributed by atoms with Crippen LogP contribution < -0.4 is 10.1 Å². The Morgan fingerprint density at radius 1 is 1.50 bits per heavy atom. The number of rotatable bonds is 6. The molecule has 1 atom stereocenters. The molecular weight excluding hydrogens is 342 g/mol. The maximum Gasteiger partial charge on any atom is 0.261 e. The number of nitrogens with one attached hydrogen (secondary N) is 1. The number of nitrogens with zero attached hydrogens (tertiary/aromatic N) is 2. The number of halogens is 1. The second kappa shape index (κ2) is 7.80. The maximum atomic E-state index is 12.1. The molecular formula is C14H16ClN3O2S2. The van der Waals surface area contributed by atoms with Crippen LogP contribution >= 0.6 is 34.7 Å². The van der Waals surface area contributed by atoms with E-state index in [0.717, 1.165) is 14.9 Å². The highest BCUT2D eigenvalue weighted by atomic mass is 35.5. The average molecular weight is 358 g/mol. The van der Waals surface area contributed by atoms with Crippen molar-refractivity contribution in [1.29, 1.82) is 0 Å². The third-order valence-corrected chi connectivity index (χ3v) is 5.01. The van der Waals surface area contributed by atoms with E-state index in [1.165, 1.54) is 23.1 Å². The topological polar surface area (TPSA) is 64.1 Å². The van der Waals surface area contributed by atoms with E-state index in [1.807, 2.05) is 25.3 Å². The quantitative estimate of drug-likeness (QED) is 0.803. The Labute approximate surface area is 142 Å². The van der Waals surface area contributed by atoms with E-state index >= 15 is 0 Å². The molecule has 2 rings (SSSR count). The van der Waals surface area contributed by atoms with Crippen LogP contribution in [0, 0.1) is 6.92 Å². The third-order valence-electron chi connectivity index (χ3n) is 2.80. The Balaban J connectivity index is 1.90. The molecule has 1 heterocycles. The molecule has 1 aromatic carbocycles. The lowest BCUT2D eigenvalue weighted by Crippen LogP contribution is -2.35. The number of ether oxygens (including phenoxy) is 1. The number of amides is 1. The van der Waals surface area contributed by atoms with Crippen LogP contribution in [0.5, 0.6) is 5.75 Å². The van der Waals surface area contributed by atoms with Gasteiger partial charge in [0.15, 0.2) is 10.4 Å². The molecule has 1 unspecified atom stereocenters. The van der Waals surface area contributed by atoms with Gasteiger partial charge in [-0.3, -0.25) is 4.79 Å². The number of hydrogen-bond acceptors (Lipinski definition) is 6. The van der Waals surface area contributed by atoms with Gasteiger partial charge in [-0.15, -0.1) is 10.2 Å². The van der Waals surface area contributed by atoms with Crippen LogP contribution in [0.2, 0.25) is 5.02 Å². The smallest absolute Gasteiger partial charge is 0.261 e. The molecule has 0 saturated heterocycles. The van der Waals surface area contributed by atoms with Crippen LogP contribution in [-0.4, -0.2) is 28.5 Å². The van der Waals surface area contributed by atoms with Crippen molar-refractivity contribution < 1.29 is 9.53 Å².